The van der Waals surface area contributed by atoms with Crippen molar-refractivity contribution in [2.24, 2.45) is 0 Å². The molecule has 0 bridgehead atoms. The Bertz CT molecular complexity index is 538. The lowest BCUT2D eigenvalue weighted by atomic mass is 10.1. The summed E-state index contributed by atoms with van der Waals surface area (Å²) >= 11 is 3.29. The van der Waals surface area contributed by atoms with Crippen LogP contribution in [0.25, 0.3) is 0 Å². The summed E-state index contributed by atoms with van der Waals surface area (Å²) in [6.07, 6.45) is -0.514. The van der Waals surface area contributed by atoms with Gasteiger partial charge in [-0.15, -0.1) is 0 Å². The number of rotatable bonds is 3. The molecule has 0 heterocycles. The van der Waals surface area contributed by atoms with Gasteiger partial charge in [-0.1, -0.05) is 12.1 Å². The largest absolute Gasteiger partial charge is 0.456 e. The lowest BCUT2D eigenvalue weighted by Crippen LogP contribution is -1.91. The van der Waals surface area contributed by atoms with Gasteiger partial charge in [0.1, 0.15) is 17.3 Å². The van der Waals surface area contributed by atoms with Gasteiger partial charge in [0, 0.05) is 6.07 Å². The van der Waals surface area contributed by atoms with E-state index in [1.54, 1.807) is 37.3 Å². The van der Waals surface area contributed by atoms with Crippen LogP contribution in [0.4, 0.5) is 4.39 Å². The predicted molar refractivity (Wildman–Crippen MR) is 71.2 cm³/mol. The lowest BCUT2D eigenvalue weighted by Gasteiger charge is -2.09. The normalized spacial score (nSPS) is 12.2. The molecule has 0 saturated carbocycles. The molecule has 18 heavy (non-hydrogen) atoms. The van der Waals surface area contributed by atoms with Crippen LogP contribution < -0.4 is 4.74 Å². The fraction of sp³-hybridized carbons (Fsp3) is 0.143. The Morgan fingerprint density at radius 3 is 2.44 bits per heavy atom. The molecule has 4 heteroatoms. The van der Waals surface area contributed by atoms with Gasteiger partial charge in [0.05, 0.1) is 10.6 Å². The van der Waals surface area contributed by atoms with Crippen LogP contribution in [0.3, 0.4) is 0 Å². The Labute approximate surface area is 113 Å². The van der Waals surface area contributed by atoms with Gasteiger partial charge in [0.15, 0.2) is 0 Å². The van der Waals surface area contributed by atoms with E-state index >= 15 is 0 Å². The van der Waals surface area contributed by atoms with Gasteiger partial charge in [-0.05, 0) is 52.7 Å². The number of aliphatic hydroxyl groups is 1. The maximum atomic E-state index is 13.1. The fourth-order valence-electron chi connectivity index (χ4n) is 1.50. The smallest absolute Gasteiger partial charge is 0.144 e. The molecule has 0 saturated heterocycles. The molecule has 94 valence electrons. The SMILES string of the molecule is C[C@H](O)c1ccc(Oc2cc(F)ccc2Br)cc1. The minimum atomic E-state index is -0.514. The van der Waals surface area contributed by atoms with E-state index in [0.29, 0.717) is 16.0 Å². The summed E-state index contributed by atoms with van der Waals surface area (Å²) in [7, 11) is 0. The average molecular weight is 311 g/mol. The first kappa shape index (κ1) is 13.1. The number of halogens is 2. The zero-order valence-corrected chi connectivity index (χ0v) is 11.3. The van der Waals surface area contributed by atoms with E-state index in [1.165, 1.54) is 12.1 Å². The highest BCUT2D eigenvalue weighted by molar-refractivity contribution is 9.10. The highest BCUT2D eigenvalue weighted by Gasteiger charge is 2.05. The van der Waals surface area contributed by atoms with Crippen molar-refractivity contribution in [3.63, 3.8) is 0 Å². The van der Waals surface area contributed by atoms with Crippen molar-refractivity contribution in [1.82, 2.24) is 0 Å². The second-order valence-corrected chi connectivity index (χ2v) is 4.78. The van der Waals surface area contributed by atoms with Crippen LogP contribution in [0.1, 0.15) is 18.6 Å². The Balaban J connectivity index is 2.21. The highest BCUT2D eigenvalue weighted by Crippen LogP contribution is 2.30. The second-order valence-electron chi connectivity index (χ2n) is 3.92. The minimum absolute atomic E-state index is 0.353. The third kappa shape index (κ3) is 3.09. The molecule has 1 N–H and O–H groups in total. The summed E-state index contributed by atoms with van der Waals surface area (Å²) < 4.78 is 19.3. The Hall–Kier alpha value is -1.39. The number of aliphatic hydroxyl groups excluding tert-OH is 1. The Kier molecular flexibility index (Phi) is 3.99. The van der Waals surface area contributed by atoms with E-state index in [2.05, 4.69) is 15.9 Å². The molecule has 2 aromatic rings. The van der Waals surface area contributed by atoms with Crippen LogP contribution in [0.2, 0.25) is 0 Å². The second kappa shape index (κ2) is 5.50. The number of hydrogen-bond donors (Lipinski definition) is 1. The molecule has 0 aliphatic carbocycles. The molecule has 1 atom stereocenters. The van der Waals surface area contributed by atoms with Gasteiger partial charge in [0.2, 0.25) is 0 Å². The number of ether oxygens (including phenoxy) is 1. The lowest BCUT2D eigenvalue weighted by molar-refractivity contribution is 0.199. The van der Waals surface area contributed by atoms with E-state index in [-0.39, 0.29) is 5.82 Å². The molecular formula is C14H12BrFO2. The first-order valence-corrected chi connectivity index (χ1v) is 6.26. The monoisotopic (exact) mass is 310 g/mol. The molecule has 0 spiro atoms. The molecular weight excluding hydrogens is 299 g/mol. The summed E-state index contributed by atoms with van der Waals surface area (Å²) in [4.78, 5) is 0. The zero-order chi connectivity index (χ0) is 13.1. The quantitative estimate of drug-likeness (QED) is 0.908. The number of benzene rings is 2. The predicted octanol–water partition coefficient (Wildman–Crippen LogP) is 4.43. The van der Waals surface area contributed by atoms with Crippen LogP contribution in [0.5, 0.6) is 11.5 Å². The zero-order valence-electron chi connectivity index (χ0n) is 9.73. The van der Waals surface area contributed by atoms with Gasteiger partial charge >= 0.3 is 0 Å². The van der Waals surface area contributed by atoms with E-state index in [4.69, 9.17) is 4.74 Å². The van der Waals surface area contributed by atoms with Crippen molar-refractivity contribution in [3.8, 4) is 11.5 Å². The molecule has 0 radical (unpaired) electrons. The van der Waals surface area contributed by atoms with E-state index in [9.17, 15) is 9.50 Å². The molecule has 0 aliphatic rings. The van der Waals surface area contributed by atoms with Crippen molar-refractivity contribution in [1.29, 1.82) is 0 Å². The van der Waals surface area contributed by atoms with E-state index in [0.717, 1.165) is 5.56 Å². The Morgan fingerprint density at radius 1 is 1.17 bits per heavy atom. The van der Waals surface area contributed by atoms with Crippen LogP contribution in [0, 0.1) is 5.82 Å². The van der Waals surface area contributed by atoms with E-state index in [1.807, 2.05) is 0 Å². The molecule has 0 unspecified atom stereocenters. The summed E-state index contributed by atoms with van der Waals surface area (Å²) in [5, 5.41) is 9.39. The maximum absolute atomic E-state index is 13.1. The molecule has 0 aromatic heterocycles. The topological polar surface area (TPSA) is 29.5 Å². The summed E-state index contributed by atoms with van der Waals surface area (Å²) in [6, 6.07) is 11.3. The first-order valence-electron chi connectivity index (χ1n) is 5.47. The highest BCUT2D eigenvalue weighted by atomic mass is 79.9. The average Bonchev–Trinajstić information content (AvgIpc) is 2.34. The standard InChI is InChI=1S/C14H12BrFO2/c1-9(17)10-2-5-12(6-3-10)18-14-8-11(16)4-7-13(14)15/h2-9,17H,1H3/t9-/m0/s1. The molecule has 0 amide bonds. The molecule has 0 fully saturated rings. The van der Waals surface area contributed by atoms with Gasteiger partial charge < -0.3 is 9.84 Å². The summed E-state index contributed by atoms with van der Waals surface area (Å²) in [5.41, 5.74) is 0.806. The maximum Gasteiger partial charge on any atom is 0.144 e. The minimum Gasteiger partial charge on any atom is -0.456 e. The van der Waals surface area contributed by atoms with Gasteiger partial charge in [-0.3, -0.25) is 0 Å². The number of hydrogen-bond acceptors (Lipinski definition) is 2. The van der Waals surface area contributed by atoms with Crippen LogP contribution in [-0.4, -0.2) is 5.11 Å². The van der Waals surface area contributed by atoms with Crippen molar-refractivity contribution < 1.29 is 14.2 Å². The summed E-state index contributed by atoms with van der Waals surface area (Å²) in [6.45, 7) is 1.69. The van der Waals surface area contributed by atoms with Crippen molar-refractivity contribution >= 4 is 15.9 Å². The van der Waals surface area contributed by atoms with E-state index < -0.39 is 6.10 Å². The fourth-order valence-corrected chi connectivity index (χ4v) is 1.82. The summed E-state index contributed by atoms with van der Waals surface area (Å²) in [5.74, 6) is 0.652. The third-order valence-corrected chi connectivity index (χ3v) is 3.14. The molecule has 2 aromatic carbocycles. The third-order valence-electron chi connectivity index (χ3n) is 2.48. The van der Waals surface area contributed by atoms with Gasteiger partial charge in [-0.25, -0.2) is 4.39 Å². The van der Waals surface area contributed by atoms with Gasteiger partial charge in [0.25, 0.3) is 0 Å². The molecule has 2 rings (SSSR count). The van der Waals surface area contributed by atoms with Crippen molar-refractivity contribution in [3.05, 3.63) is 58.3 Å². The molecule has 0 aliphatic heterocycles. The first-order chi connectivity index (χ1) is 8.56. The van der Waals surface area contributed by atoms with Crippen LogP contribution in [-0.2, 0) is 0 Å². The van der Waals surface area contributed by atoms with Crippen LogP contribution in [0.15, 0.2) is 46.9 Å². The van der Waals surface area contributed by atoms with Gasteiger partial charge in [-0.2, -0.15) is 0 Å². The van der Waals surface area contributed by atoms with Crippen LogP contribution >= 0.6 is 15.9 Å². The van der Waals surface area contributed by atoms with Crippen molar-refractivity contribution in [2.45, 2.75) is 13.0 Å². The van der Waals surface area contributed by atoms with Crippen molar-refractivity contribution in [2.75, 3.05) is 0 Å². The Morgan fingerprint density at radius 2 is 1.83 bits per heavy atom. The molecule has 2 nitrogen and oxygen atoms in total.